The highest BCUT2D eigenvalue weighted by Crippen LogP contribution is 2.92. The molecular formula is C6H5Cl5FN3OP3+. The van der Waals surface area contributed by atoms with Gasteiger partial charge >= 0.3 is 8.10 Å². The van der Waals surface area contributed by atoms with Gasteiger partial charge < -0.3 is 0 Å². The van der Waals surface area contributed by atoms with Crippen LogP contribution in [0.5, 0.6) is 5.75 Å². The van der Waals surface area contributed by atoms with E-state index in [1.165, 1.54) is 0 Å². The van der Waals surface area contributed by atoms with Crippen LogP contribution in [0.1, 0.15) is 0 Å². The van der Waals surface area contributed by atoms with E-state index >= 15 is 0 Å². The minimum absolute atomic E-state index is 0.227. The minimum Gasteiger partial charge on any atom is -0.273 e. The van der Waals surface area contributed by atoms with Crippen molar-refractivity contribution in [3.05, 3.63) is 30.3 Å². The Balaban J connectivity index is 2.38. The quantitative estimate of drug-likeness (QED) is 0.363. The van der Waals surface area contributed by atoms with Crippen molar-refractivity contribution in [2.75, 3.05) is 0 Å². The zero-order valence-electron chi connectivity index (χ0n) is 8.75. The molecule has 2 unspecified atom stereocenters. The van der Waals surface area contributed by atoms with Crippen molar-refractivity contribution < 1.29 is 8.72 Å². The van der Waals surface area contributed by atoms with Crippen LogP contribution < -0.4 is 4.52 Å². The number of nitrogens with zero attached hydrogens (tertiary/aromatic N) is 3. The van der Waals surface area contributed by atoms with Gasteiger partial charge in [0, 0.05) is 31.7 Å². The smallest absolute Gasteiger partial charge is 0.273 e. The van der Waals surface area contributed by atoms with Crippen molar-refractivity contribution in [1.29, 1.82) is 0 Å². The van der Waals surface area contributed by atoms with E-state index in [0.717, 1.165) is 0 Å². The van der Waals surface area contributed by atoms with E-state index in [9.17, 15) is 4.20 Å². The van der Waals surface area contributed by atoms with E-state index in [4.69, 9.17) is 61.8 Å². The Kier molecular flexibility index (Phi) is 5.53. The molecule has 0 aliphatic carbocycles. The van der Waals surface area contributed by atoms with Crippen LogP contribution in [0.15, 0.2) is 34.8 Å². The van der Waals surface area contributed by atoms with Gasteiger partial charge in [0.2, 0.25) is 0 Å². The molecule has 19 heavy (non-hydrogen) atoms. The van der Waals surface area contributed by atoms with Crippen molar-refractivity contribution in [2.45, 2.75) is 0 Å². The summed E-state index contributed by atoms with van der Waals surface area (Å²) in [5, 5.41) is 0. The fourth-order valence-corrected chi connectivity index (χ4v) is 12.8. The summed E-state index contributed by atoms with van der Waals surface area (Å²) in [5.74, 6) is -3.06. The van der Waals surface area contributed by atoms with Crippen LogP contribution in [0.2, 0.25) is 0 Å². The van der Waals surface area contributed by atoms with Gasteiger partial charge in [0.05, 0.1) is 3.96 Å². The normalized spacial score (nSPS) is 31.8. The molecule has 0 bridgehead atoms. The summed E-state index contributed by atoms with van der Waals surface area (Å²) in [6.45, 7) is 0. The Morgan fingerprint density at radius 3 is 2.42 bits per heavy atom. The summed E-state index contributed by atoms with van der Waals surface area (Å²) < 4.78 is 25.2. The van der Waals surface area contributed by atoms with Crippen molar-refractivity contribution in [3.63, 3.8) is 0 Å². The Morgan fingerprint density at radius 2 is 1.84 bits per heavy atom. The molecular weight excluding hydrogens is 419 g/mol. The highest BCUT2D eigenvalue weighted by molar-refractivity contribution is 8.17. The first-order chi connectivity index (χ1) is 8.77. The topological polar surface area (TPSA) is 28.1 Å². The predicted molar refractivity (Wildman–Crippen MR) is 84.3 cm³/mol. The molecule has 0 amide bonds. The van der Waals surface area contributed by atoms with Gasteiger partial charge in [0.25, 0.3) is 13.5 Å². The number of hydrogen-bond acceptors (Lipinski definition) is 4. The van der Waals surface area contributed by atoms with Crippen LogP contribution >= 0.6 is 78.9 Å². The number of benzene rings is 1. The fourth-order valence-electron chi connectivity index (χ4n) is 1.12. The first kappa shape index (κ1) is 16.8. The SMILES string of the molecule is F[P+]1(Oc2ccccc2)N(Cl)P(Cl)N=P(Cl)(Cl)N1Cl. The minimum atomic E-state index is -4.16. The van der Waals surface area contributed by atoms with Crippen molar-refractivity contribution in [3.8, 4) is 5.75 Å². The zero-order valence-corrected chi connectivity index (χ0v) is 15.2. The summed E-state index contributed by atoms with van der Waals surface area (Å²) in [6.07, 6.45) is 0. The molecule has 0 fully saturated rings. The van der Waals surface area contributed by atoms with Gasteiger partial charge in [-0.2, -0.15) is 4.52 Å². The second kappa shape index (κ2) is 6.26. The fraction of sp³-hybridized carbons (Fsp3) is 0. The van der Waals surface area contributed by atoms with Crippen molar-refractivity contribution >= 4 is 78.9 Å². The molecule has 1 aliphatic rings. The average molecular weight is 424 g/mol. The summed E-state index contributed by atoms with van der Waals surface area (Å²) in [7, 11) is -6.11. The molecule has 0 radical (unpaired) electrons. The van der Waals surface area contributed by atoms with Gasteiger partial charge in [-0.3, -0.25) is 4.52 Å². The maximum absolute atomic E-state index is 15.0. The van der Waals surface area contributed by atoms with Crippen LogP contribution in [0.25, 0.3) is 0 Å². The molecule has 0 spiro atoms. The lowest BCUT2D eigenvalue weighted by Gasteiger charge is -2.31. The Labute approximate surface area is 135 Å². The molecule has 1 aromatic rings. The highest BCUT2D eigenvalue weighted by Gasteiger charge is 2.69. The average Bonchev–Trinajstić information content (AvgIpc) is 2.36. The summed E-state index contributed by atoms with van der Waals surface area (Å²) in [5.41, 5.74) is 0. The molecule has 1 aromatic carbocycles. The van der Waals surface area contributed by atoms with E-state index in [1.54, 1.807) is 30.3 Å². The zero-order chi connectivity index (χ0) is 14.3. The molecule has 2 atom stereocenters. The van der Waals surface area contributed by atoms with Crippen LogP contribution in [-0.4, -0.2) is 7.92 Å². The van der Waals surface area contributed by atoms with Crippen LogP contribution in [-0.2, 0) is 0 Å². The van der Waals surface area contributed by atoms with E-state index in [1.807, 2.05) is 0 Å². The molecule has 0 saturated heterocycles. The number of hydrogen-bond donors (Lipinski definition) is 0. The molecule has 4 nitrogen and oxygen atoms in total. The maximum atomic E-state index is 15.0. The molecule has 1 heterocycles. The first-order valence-electron chi connectivity index (χ1n) is 4.51. The van der Waals surface area contributed by atoms with Gasteiger partial charge in [-0.05, 0) is 45.9 Å². The third-order valence-electron chi connectivity index (χ3n) is 1.89. The number of para-hydroxylation sites is 1. The Hall–Kier alpha value is 1.41. The second-order valence-corrected chi connectivity index (χ2v) is 14.5. The van der Waals surface area contributed by atoms with Crippen molar-refractivity contribution in [2.24, 2.45) is 4.52 Å². The summed E-state index contributed by atoms with van der Waals surface area (Å²) in [4.78, 5) is 0. The van der Waals surface area contributed by atoms with E-state index in [0.29, 0.717) is 7.92 Å². The monoisotopic (exact) mass is 422 g/mol. The second-order valence-electron chi connectivity index (χ2n) is 3.14. The molecule has 2 rings (SSSR count). The van der Waals surface area contributed by atoms with Crippen LogP contribution in [0.3, 0.4) is 0 Å². The maximum Gasteiger partial charge on any atom is 0.575 e. The molecule has 1 aliphatic heterocycles. The Morgan fingerprint density at radius 1 is 1.26 bits per heavy atom. The first-order valence-corrected chi connectivity index (χ1v) is 12.3. The predicted octanol–water partition coefficient (Wildman–Crippen LogP) is 7.53. The summed E-state index contributed by atoms with van der Waals surface area (Å²) >= 11 is 29.3. The van der Waals surface area contributed by atoms with Gasteiger partial charge in [-0.1, -0.05) is 18.2 Å². The van der Waals surface area contributed by atoms with Gasteiger partial charge in [-0.15, -0.1) is 0 Å². The lowest BCUT2D eigenvalue weighted by Crippen LogP contribution is -2.21. The lowest BCUT2D eigenvalue weighted by molar-refractivity contribution is 0.481. The van der Waals surface area contributed by atoms with E-state index < -0.39 is 21.6 Å². The van der Waals surface area contributed by atoms with Crippen LogP contribution in [0, 0.1) is 0 Å². The number of rotatable bonds is 2. The standard InChI is InChI=1S/C6H5Cl5FN3OP3/c7-14-17(9)13-18(10,11)15(8)19(14,12)16-6-4-2-1-3-5-6/h1-5H/q+1. The molecule has 0 saturated carbocycles. The van der Waals surface area contributed by atoms with Gasteiger partial charge in [0.15, 0.2) is 5.75 Å². The third-order valence-corrected chi connectivity index (χ3v) is 14.9. The third kappa shape index (κ3) is 3.43. The largest absolute Gasteiger partial charge is 0.575 e. The van der Waals surface area contributed by atoms with E-state index in [2.05, 4.69) is 4.52 Å². The van der Waals surface area contributed by atoms with Crippen LogP contribution in [0.4, 0.5) is 4.20 Å². The van der Waals surface area contributed by atoms with E-state index in [-0.39, 0.29) is 5.75 Å². The molecule has 106 valence electrons. The highest BCUT2D eigenvalue weighted by atomic mass is 35.9. The Bertz CT molecular complexity index is 520. The lowest BCUT2D eigenvalue weighted by atomic mass is 10.3. The molecule has 13 heteroatoms. The summed E-state index contributed by atoms with van der Waals surface area (Å²) in [6, 6.07) is 8.17. The van der Waals surface area contributed by atoms with Gasteiger partial charge in [0.1, 0.15) is 0 Å². The molecule has 0 aromatic heterocycles. The number of halogens is 6. The van der Waals surface area contributed by atoms with Gasteiger partial charge in [-0.25, -0.2) is 0 Å². The molecule has 0 N–H and O–H groups in total. The van der Waals surface area contributed by atoms with Crippen molar-refractivity contribution in [1.82, 2.24) is 7.92 Å².